The van der Waals surface area contributed by atoms with Crippen molar-refractivity contribution in [3.05, 3.63) is 53.6 Å². The first kappa shape index (κ1) is 22.8. The van der Waals surface area contributed by atoms with E-state index in [9.17, 15) is 30.0 Å². The average Bonchev–Trinajstić information content (AvgIpc) is 2.67. The minimum atomic E-state index is -4.88. The zero-order valence-electron chi connectivity index (χ0n) is 15.2. The number of ether oxygens (including phenoxy) is 1. The summed E-state index contributed by atoms with van der Waals surface area (Å²) >= 11 is 5.85. The molecule has 30 heavy (non-hydrogen) atoms. The molecule has 1 heterocycles. The highest BCUT2D eigenvalue weighted by Gasteiger charge is 2.34. The third-order valence-electron chi connectivity index (χ3n) is 4.33. The summed E-state index contributed by atoms with van der Waals surface area (Å²) in [6.45, 7) is -0.376. The van der Waals surface area contributed by atoms with E-state index in [2.05, 4.69) is 4.74 Å². The van der Waals surface area contributed by atoms with Gasteiger partial charge < -0.3 is 4.74 Å². The van der Waals surface area contributed by atoms with E-state index in [1.807, 2.05) is 0 Å². The summed E-state index contributed by atoms with van der Waals surface area (Å²) in [4.78, 5) is -0.213. The van der Waals surface area contributed by atoms with E-state index in [0.717, 1.165) is 32.9 Å². The van der Waals surface area contributed by atoms with Gasteiger partial charge in [-0.1, -0.05) is 17.7 Å². The molecule has 3 rings (SSSR count). The van der Waals surface area contributed by atoms with Crippen LogP contribution in [-0.2, 0) is 20.0 Å². The fraction of sp³-hybridized carbons (Fsp3) is 0.294. The highest BCUT2D eigenvalue weighted by atomic mass is 35.5. The van der Waals surface area contributed by atoms with E-state index >= 15 is 0 Å². The van der Waals surface area contributed by atoms with Gasteiger partial charge in [-0.2, -0.15) is 8.61 Å². The molecule has 1 fully saturated rings. The fourth-order valence-corrected chi connectivity index (χ4v) is 6.04. The Hall–Kier alpha value is -1.86. The summed E-state index contributed by atoms with van der Waals surface area (Å²) in [7, 11) is -7.85. The largest absolute Gasteiger partial charge is 0.573 e. The maximum atomic E-state index is 12.7. The summed E-state index contributed by atoms with van der Waals surface area (Å²) < 4.78 is 93.6. The molecule has 0 bridgehead atoms. The van der Waals surface area contributed by atoms with Crippen LogP contribution >= 0.6 is 11.6 Å². The van der Waals surface area contributed by atoms with Gasteiger partial charge in [0.2, 0.25) is 20.0 Å². The molecule has 1 saturated heterocycles. The predicted octanol–water partition coefficient (Wildman–Crippen LogP) is 2.93. The SMILES string of the molecule is O=S(=O)(c1ccc(OC(F)(F)F)cc1)N1CCN(S(=O)(=O)c2cccc(Cl)c2)CC1. The second-order valence-electron chi connectivity index (χ2n) is 6.28. The van der Waals surface area contributed by atoms with E-state index in [4.69, 9.17) is 11.6 Å². The minimum Gasteiger partial charge on any atom is -0.406 e. The number of hydrogen-bond acceptors (Lipinski definition) is 5. The zero-order chi connectivity index (χ0) is 22.2. The highest BCUT2D eigenvalue weighted by molar-refractivity contribution is 7.89. The van der Waals surface area contributed by atoms with Crippen LogP contribution in [0.2, 0.25) is 5.02 Å². The number of nitrogens with zero attached hydrogens (tertiary/aromatic N) is 2. The molecule has 0 N–H and O–H groups in total. The first-order valence-electron chi connectivity index (χ1n) is 8.51. The van der Waals surface area contributed by atoms with Crippen molar-refractivity contribution in [2.75, 3.05) is 26.2 Å². The summed E-state index contributed by atoms with van der Waals surface area (Å²) in [6.07, 6.45) is -4.88. The Balaban J connectivity index is 1.71. The summed E-state index contributed by atoms with van der Waals surface area (Å²) in [5.74, 6) is -0.543. The second kappa shape index (κ2) is 8.35. The lowest BCUT2D eigenvalue weighted by atomic mass is 10.3. The minimum absolute atomic E-state index is 0.00607. The monoisotopic (exact) mass is 484 g/mol. The third kappa shape index (κ3) is 5.06. The van der Waals surface area contributed by atoms with E-state index in [-0.39, 0.29) is 41.0 Å². The maximum absolute atomic E-state index is 12.7. The van der Waals surface area contributed by atoms with Gasteiger partial charge in [-0.05, 0) is 42.5 Å². The van der Waals surface area contributed by atoms with Gasteiger partial charge >= 0.3 is 6.36 Å². The second-order valence-corrected chi connectivity index (χ2v) is 10.6. The molecule has 7 nitrogen and oxygen atoms in total. The quantitative estimate of drug-likeness (QED) is 0.651. The molecule has 0 radical (unpaired) electrons. The fourth-order valence-electron chi connectivity index (χ4n) is 2.89. The van der Waals surface area contributed by atoms with Gasteiger partial charge in [0.1, 0.15) is 5.75 Å². The number of benzene rings is 2. The van der Waals surface area contributed by atoms with Crippen molar-refractivity contribution < 1.29 is 34.7 Å². The van der Waals surface area contributed by atoms with Crippen LogP contribution < -0.4 is 4.74 Å². The average molecular weight is 485 g/mol. The van der Waals surface area contributed by atoms with Crippen molar-refractivity contribution in [2.45, 2.75) is 16.2 Å². The molecule has 1 aliphatic rings. The van der Waals surface area contributed by atoms with Crippen LogP contribution in [0.25, 0.3) is 0 Å². The number of halogens is 4. The number of piperazine rings is 1. The van der Waals surface area contributed by atoms with E-state index in [1.165, 1.54) is 24.3 Å². The lowest BCUT2D eigenvalue weighted by molar-refractivity contribution is -0.274. The van der Waals surface area contributed by atoms with E-state index in [0.29, 0.717) is 0 Å². The molecule has 164 valence electrons. The van der Waals surface area contributed by atoms with Crippen LogP contribution in [0.3, 0.4) is 0 Å². The Bertz CT molecular complexity index is 1110. The van der Waals surface area contributed by atoms with Crippen LogP contribution in [0.15, 0.2) is 58.3 Å². The van der Waals surface area contributed by atoms with Gasteiger partial charge in [0, 0.05) is 31.2 Å². The molecule has 0 aliphatic carbocycles. The standard InChI is InChI=1S/C17H16ClF3N2O5S2/c18-13-2-1-3-16(12-13)30(26,27)23-10-8-22(9-11-23)29(24,25)15-6-4-14(5-7-15)28-17(19,20)21/h1-7,12H,8-11H2. The van der Waals surface area contributed by atoms with Gasteiger partial charge in [0.05, 0.1) is 9.79 Å². The molecule has 0 amide bonds. The Morgan fingerprint density at radius 1 is 0.800 bits per heavy atom. The first-order chi connectivity index (χ1) is 13.9. The first-order valence-corrected chi connectivity index (χ1v) is 11.8. The summed E-state index contributed by atoms with van der Waals surface area (Å²) in [5, 5.41) is 0.259. The number of rotatable bonds is 5. The van der Waals surface area contributed by atoms with Crippen molar-refractivity contribution >= 4 is 31.6 Å². The van der Waals surface area contributed by atoms with Crippen molar-refractivity contribution in [1.29, 1.82) is 0 Å². The van der Waals surface area contributed by atoms with Gasteiger partial charge in [-0.3, -0.25) is 0 Å². The topological polar surface area (TPSA) is 84.0 Å². The molecule has 1 aliphatic heterocycles. The zero-order valence-corrected chi connectivity index (χ0v) is 17.6. The molecule has 0 saturated carbocycles. The molecule has 13 heteroatoms. The predicted molar refractivity (Wildman–Crippen MR) is 102 cm³/mol. The van der Waals surface area contributed by atoms with Crippen LogP contribution in [0.4, 0.5) is 13.2 Å². The lowest BCUT2D eigenvalue weighted by Gasteiger charge is -2.33. The maximum Gasteiger partial charge on any atom is 0.573 e. The van der Waals surface area contributed by atoms with E-state index < -0.39 is 32.2 Å². The van der Waals surface area contributed by atoms with Crippen LogP contribution in [0, 0.1) is 0 Å². The molecule has 0 unspecified atom stereocenters. The Kier molecular flexibility index (Phi) is 6.35. The van der Waals surface area contributed by atoms with Gasteiger partial charge in [0.15, 0.2) is 0 Å². The molecular weight excluding hydrogens is 469 g/mol. The summed E-state index contributed by atoms with van der Waals surface area (Å²) in [5.41, 5.74) is 0. The van der Waals surface area contributed by atoms with Crippen LogP contribution in [0.1, 0.15) is 0 Å². The number of alkyl halides is 3. The Morgan fingerprint density at radius 3 is 1.77 bits per heavy atom. The van der Waals surface area contributed by atoms with Crippen molar-refractivity contribution in [2.24, 2.45) is 0 Å². The molecule has 0 aromatic heterocycles. The van der Waals surface area contributed by atoms with Crippen molar-refractivity contribution in [1.82, 2.24) is 8.61 Å². The Labute approximate surface area is 176 Å². The highest BCUT2D eigenvalue weighted by Crippen LogP contribution is 2.26. The van der Waals surface area contributed by atoms with Crippen molar-refractivity contribution in [3.63, 3.8) is 0 Å². The van der Waals surface area contributed by atoms with Gasteiger partial charge in [-0.15, -0.1) is 13.2 Å². The van der Waals surface area contributed by atoms with Gasteiger partial charge in [-0.25, -0.2) is 16.8 Å². The summed E-state index contributed by atoms with van der Waals surface area (Å²) in [6, 6.07) is 9.56. The van der Waals surface area contributed by atoms with Crippen molar-refractivity contribution in [3.8, 4) is 5.75 Å². The normalized spacial score (nSPS) is 17.1. The molecule has 0 atom stereocenters. The number of hydrogen-bond donors (Lipinski definition) is 0. The lowest BCUT2D eigenvalue weighted by Crippen LogP contribution is -2.50. The third-order valence-corrected chi connectivity index (χ3v) is 8.37. The Morgan fingerprint density at radius 2 is 1.30 bits per heavy atom. The molecule has 2 aromatic carbocycles. The van der Waals surface area contributed by atoms with Crippen LogP contribution in [0.5, 0.6) is 5.75 Å². The van der Waals surface area contributed by atoms with Crippen LogP contribution in [-0.4, -0.2) is 58.0 Å². The molecule has 2 aromatic rings. The smallest absolute Gasteiger partial charge is 0.406 e. The van der Waals surface area contributed by atoms with Gasteiger partial charge in [0.25, 0.3) is 0 Å². The molecular formula is C17H16ClF3N2O5S2. The number of sulfonamides is 2. The molecule has 0 spiro atoms. The van der Waals surface area contributed by atoms with E-state index in [1.54, 1.807) is 0 Å².